The van der Waals surface area contributed by atoms with Crippen molar-refractivity contribution in [3.63, 3.8) is 0 Å². The minimum Gasteiger partial charge on any atom is -0.388 e. The van der Waals surface area contributed by atoms with E-state index in [2.05, 4.69) is 20.9 Å². The molecule has 0 aliphatic carbocycles. The summed E-state index contributed by atoms with van der Waals surface area (Å²) >= 11 is 3.27. The molecule has 6 heteroatoms. The number of rotatable bonds is 3. The van der Waals surface area contributed by atoms with E-state index in [9.17, 15) is 18.3 Å². The lowest BCUT2D eigenvalue weighted by atomic mass is 10.0. The van der Waals surface area contributed by atoms with Crippen molar-refractivity contribution in [3.8, 4) is 0 Å². The minimum absolute atomic E-state index is 0.289. The van der Waals surface area contributed by atoms with Gasteiger partial charge in [0.15, 0.2) is 0 Å². The van der Waals surface area contributed by atoms with Gasteiger partial charge in [-0.15, -0.1) is 0 Å². The third-order valence-corrected chi connectivity index (χ3v) is 3.25. The maximum atomic E-state index is 12.4. The number of aliphatic hydroxyl groups is 1. The highest BCUT2D eigenvalue weighted by Crippen LogP contribution is 2.30. The van der Waals surface area contributed by atoms with Crippen LogP contribution in [0.1, 0.15) is 22.8 Å². The van der Waals surface area contributed by atoms with E-state index in [1.54, 1.807) is 18.5 Å². The Bertz CT molecular complexity index is 584. The summed E-state index contributed by atoms with van der Waals surface area (Å²) in [6.45, 7) is 0. The van der Waals surface area contributed by atoms with Gasteiger partial charge in [-0.3, -0.25) is 4.98 Å². The summed E-state index contributed by atoms with van der Waals surface area (Å²) in [6.07, 6.45) is -1.71. The van der Waals surface area contributed by atoms with Crippen molar-refractivity contribution in [2.45, 2.75) is 18.7 Å². The predicted molar refractivity (Wildman–Crippen MR) is 72.0 cm³/mol. The molecule has 106 valence electrons. The number of hydrogen-bond donors (Lipinski definition) is 1. The van der Waals surface area contributed by atoms with Crippen molar-refractivity contribution < 1.29 is 18.3 Å². The van der Waals surface area contributed by atoms with Gasteiger partial charge in [-0.05, 0) is 45.3 Å². The highest BCUT2D eigenvalue weighted by atomic mass is 79.9. The monoisotopic (exact) mass is 345 g/mol. The molecule has 0 amide bonds. The standard InChI is InChI=1S/C14H11BrF3NO/c15-12-5-9(7-19-8-12)6-13(20)10-1-3-11(4-2-10)14(16,17)18/h1-5,7-8,13,20H,6H2. The third-order valence-electron chi connectivity index (χ3n) is 2.81. The highest BCUT2D eigenvalue weighted by molar-refractivity contribution is 9.10. The van der Waals surface area contributed by atoms with Gasteiger partial charge in [-0.1, -0.05) is 12.1 Å². The van der Waals surface area contributed by atoms with E-state index in [1.165, 1.54) is 12.1 Å². The lowest BCUT2D eigenvalue weighted by Gasteiger charge is -2.13. The third kappa shape index (κ3) is 3.80. The molecule has 0 aliphatic rings. The van der Waals surface area contributed by atoms with Crippen LogP contribution in [-0.2, 0) is 12.6 Å². The van der Waals surface area contributed by atoms with E-state index in [1.807, 2.05) is 0 Å². The van der Waals surface area contributed by atoms with Crippen molar-refractivity contribution in [1.29, 1.82) is 0 Å². The molecule has 20 heavy (non-hydrogen) atoms. The number of alkyl halides is 3. The zero-order valence-corrected chi connectivity index (χ0v) is 11.8. The Kier molecular flexibility index (Phi) is 4.45. The highest BCUT2D eigenvalue weighted by Gasteiger charge is 2.30. The molecule has 0 radical (unpaired) electrons. The first-order chi connectivity index (χ1) is 9.36. The minimum atomic E-state index is -4.36. The van der Waals surface area contributed by atoms with Crippen LogP contribution in [0.5, 0.6) is 0 Å². The van der Waals surface area contributed by atoms with E-state index in [-0.39, 0.29) is 6.42 Å². The van der Waals surface area contributed by atoms with Crippen molar-refractivity contribution >= 4 is 15.9 Å². The average molecular weight is 346 g/mol. The average Bonchev–Trinajstić information content (AvgIpc) is 2.38. The number of aromatic nitrogens is 1. The predicted octanol–water partition coefficient (Wildman–Crippen LogP) is 4.14. The fraction of sp³-hybridized carbons (Fsp3) is 0.214. The lowest BCUT2D eigenvalue weighted by Crippen LogP contribution is -2.06. The van der Waals surface area contributed by atoms with Gasteiger partial charge in [0.05, 0.1) is 11.7 Å². The Morgan fingerprint density at radius 1 is 1.15 bits per heavy atom. The molecule has 0 saturated carbocycles. The van der Waals surface area contributed by atoms with Crippen LogP contribution in [-0.4, -0.2) is 10.1 Å². The van der Waals surface area contributed by atoms with Gasteiger partial charge in [-0.2, -0.15) is 13.2 Å². The smallest absolute Gasteiger partial charge is 0.388 e. The Labute approximate surface area is 122 Å². The topological polar surface area (TPSA) is 33.1 Å². The SMILES string of the molecule is OC(Cc1cncc(Br)c1)c1ccc(C(F)(F)F)cc1. The van der Waals surface area contributed by atoms with E-state index in [0.717, 1.165) is 22.2 Å². The molecule has 1 aromatic carbocycles. The normalized spacial score (nSPS) is 13.2. The molecular formula is C14H11BrF3NO. The van der Waals surface area contributed by atoms with Crippen LogP contribution in [0.15, 0.2) is 47.2 Å². The second kappa shape index (κ2) is 5.93. The van der Waals surface area contributed by atoms with Gasteiger partial charge in [0, 0.05) is 23.3 Å². The van der Waals surface area contributed by atoms with Gasteiger partial charge in [-0.25, -0.2) is 0 Å². The summed E-state index contributed by atoms with van der Waals surface area (Å²) in [5.41, 5.74) is 0.516. The number of nitrogens with zero attached hydrogens (tertiary/aromatic N) is 1. The van der Waals surface area contributed by atoms with Crippen LogP contribution in [0.25, 0.3) is 0 Å². The van der Waals surface area contributed by atoms with Crippen molar-refractivity contribution in [2.75, 3.05) is 0 Å². The first kappa shape index (κ1) is 15.0. The van der Waals surface area contributed by atoms with E-state index >= 15 is 0 Å². The van der Waals surface area contributed by atoms with Crippen molar-refractivity contribution in [2.24, 2.45) is 0 Å². The molecule has 0 spiro atoms. The van der Waals surface area contributed by atoms with E-state index in [4.69, 9.17) is 0 Å². The van der Waals surface area contributed by atoms with Gasteiger partial charge < -0.3 is 5.11 Å². The maximum Gasteiger partial charge on any atom is 0.416 e. The van der Waals surface area contributed by atoms with Crippen molar-refractivity contribution in [1.82, 2.24) is 4.98 Å². The van der Waals surface area contributed by atoms with Gasteiger partial charge in [0.2, 0.25) is 0 Å². The second-order valence-corrected chi connectivity index (χ2v) is 5.27. The Morgan fingerprint density at radius 2 is 1.80 bits per heavy atom. The van der Waals surface area contributed by atoms with Crippen LogP contribution in [0, 0.1) is 0 Å². The lowest BCUT2D eigenvalue weighted by molar-refractivity contribution is -0.137. The van der Waals surface area contributed by atoms with Crippen LogP contribution >= 0.6 is 15.9 Å². The van der Waals surface area contributed by atoms with E-state index in [0.29, 0.717) is 5.56 Å². The molecule has 0 fully saturated rings. The molecule has 0 saturated heterocycles. The molecule has 1 aromatic heterocycles. The van der Waals surface area contributed by atoms with Gasteiger partial charge >= 0.3 is 6.18 Å². The molecule has 1 heterocycles. The van der Waals surface area contributed by atoms with Crippen molar-refractivity contribution in [3.05, 3.63) is 63.9 Å². The van der Waals surface area contributed by atoms with E-state index < -0.39 is 17.8 Å². The number of hydrogen-bond acceptors (Lipinski definition) is 2. The number of benzene rings is 1. The quantitative estimate of drug-likeness (QED) is 0.906. The molecule has 1 atom stereocenters. The molecule has 1 N–H and O–H groups in total. The molecule has 2 aromatic rings. The zero-order valence-electron chi connectivity index (χ0n) is 10.2. The summed E-state index contributed by atoms with van der Waals surface area (Å²) in [7, 11) is 0. The molecule has 2 rings (SSSR count). The van der Waals surface area contributed by atoms with Gasteiger partial charge in [0.25, 0.3) is 0 Å². The Morgan fingerprint density at radius 3 is 2.35 bits per heavy atom. The zero-order chi connectivity index (χ0) is 14.8. The summed E-state index contributed by atoms with van der Waals surface area (Å²) in [5.74, 6) is 0. The van der Waals surface area contributed by atoms with Crippen LogP contribution in [0.2, 0.25) is 0 Å². The number of aliphatic hydroxyl groups excluding tert-OH is 1. The Balaban J connectivity index is 2.11. The van der Waals surface area contributed by atoms with Crippen LogP contribution in [0.4, 0.5) is 13.2 Å². The summed E-state index contributed by atoms with van der Waals surface area (Å²) < 4.78 is 38.1. The first-order valence-electron chi connectivity index (χ1n) is 5.81. The molecule has 0 bridgehead atoms. The summed E-state index contributed by atoms with van der Waals surface area (Å²) in [6, 6.07) is 6.33. The fourth-order valence-corrected chi connectivity index (χ4v) is 2.22. The second-order valence-electron chi connectivity index (χ2n) is 4.35. The number of pyridine rings is 1. The molecular weight excluding hydrogens is 335 g/mol. The largest absolute Gasteiger partial charge is 0.416 e. The summed E-state index contributed by atoms with van der Waals surface area (Å²) in [4.78, 5) is 3.97. The molecule has 0 aliphatic heterocycles. The molecule has 1 unspecified atom stereocenters. The van der Waals surface area contributed by atoms with Crippen LogP contribution < -0.4 is 0 Å². The first-order valence-corrected chi connectivity index (χ1v) is 6.60. The number of halogens is 4. The summed E-state index contributed by atoms with van der Waals surface area (Å²) in [5, 5.41) is 10.0. The maximum absolute atomic E-state index is 12.4. The molecule has 2 nitrogen and oxygen atoms in total. The van der Waals surface area contributed by atoms with Gasteiger partial charge in [0.1, 0.15) is 0 Å². The Hall–Kier alpha value is -1.40. The van der Waals surface area contributed by atoms with Crippen LogP contribution in [0.3, 0.4) is 0 Å². The fourth-order valence-electron chi connectivity index (χ4n) is 1.80.